The van der Waals surface area contributed by atoms with Gasteiger partial charge < -0.3 is 0 Å². The molecule has 0 fully saturated rings. The van der Waals surface area contributed by atoms with E-state index in [1.54, 1.807) is 0 Å². The van der Waals surface area contributed by atoms with Gasteiger partial charge in [0.1, 0.15) is 0 Å². The van der Waals surface area contributed by atoms with Crippen LogP contribution in [0.15, 0.2) is 54.7 Å². The Labute approximate surface area is 167 Å². The molecule has 0 amide bonds. The Balaban J connectivity index is 2.61. The van der Waals surface area contributed by atoms with Crippen LogP contribution in [0.1, 0.15) is 85.4 Å². The zero-order valence-electron chi connectivity index (χ0n) is 18.9. The van der Waals surface area contributed by atoms with E-state index >= 15 is 0 Å². The number of nitrogens with zero attached hydrogens (tertiary/aromatic N) is 1. The summed E-state index contributed by atoms with van der Waals surface area (Å²) in [5.41, 5.74) is 2.90. The minimum Gasteiger partial charge on any atom is -0.261 e. The molecule has 0 aliphatic heterocycles. The van der Waals surface area contributed by atoms with Crippen LogP contribution in [-0.2, 0) is 0 Å². The molecular formula is C26H39N. The lowest BCUT2D eigenvalue weighted by molar-refractivity contribution is -0.00768. The van der Waals surface area contributed by atoms with Crippen LogP contribution in [0.5, 0.6) is 0 Å². The minimum atomic E-state index is 0.0460. The predicted molar refractivity (Wildman–Crippen MR) is 118 cm³/mol. The van der Waals surface area contributed by atoms with Gasteiger partial charge >= 0.3 is 0 Å². The number of rotatable bonds is 6. The summed E-state index contributed by atoms with van der Waals surface area (Å²) < 4.78 is 0. The van der Waals surface area contributed by atoms with E-state index in [1.807, 2.05) is 12.3 Å². The van der Waals surface area contributed by atoms with Gasteiger partial charge in [-0.2, -0.15) is 0 Å². The molecule has 2 rings (SSSR count). The van der Waals surface area contributed by atoms with Crippen molar-refractivity contribution < 1.29 is 0 Å². The van der Waals surface area contributed by atoms with Gasteiger partial charge in [-0.25, -0.2) is 0 Å². The van der Waals surface area contributed by atoms with Gasteiger partial charge in [-0.05, 0) is 45.8 Å². The molecular weight excluding hydrogens is 326 g/mol. The first kappa shape index (κ1) is 21.7. The molecule has 2 atom stereocenters. The van der Waals surface area contributed by atoms with Gasteiger partial charge in [0, 0.05) is 17.8 Å². The summed E-state index contributed by atoms with van der Waals surface area (Å²) in [6.07, 6.45) is 1.94. The molecule has 1 aromatic heterocycles. The Morgan fingerprint density at radius 3 is 1.70 bits per heavy atom. The summed E-state index contributed by atoms with van der Waals surface area (Å²) >= 11 is 0. The van der Waals surface area contributed by atoms with Gasteiger partial charge in [0.25, 0.3) is 0 Å². The summed E-state index contributed by atoms with van der Waals surface area (Å²) in [5, 5.41) is 0. The van der Waals surface area contributed by atoms with Crippen molar-refractivity contribution in [3.8, 4) is 0 Å². The highest BCUT2D eigenvalue weighted by molar-refractivity contribution is 5.26. The van der Waals surface area contributed by atoms with Crippen molar-refractivity contribution in [3.63, 3.8) is 0 Å². The summed E-state index contributed by atoms with van der Waals surface area (Å²) in [6, 6.07) is 17.4. The lowest BCUT2D eigenvalue weighted by Gasteiger charge is -2.55. The van der Waals surface area contributed by atoms with Crippen LogP contribution in [0.3, 0.4) is 0 Å². The summed E-state index contributed by atoms with van der Waals surface area (Å²) in [6.45, 7) is 21.6. The maximum absolute atomic E-state index is 4.80. The monoisotopic (exact) mass is 365 g/mol. The fourth-order valence-corrected chi connectivity index (χ4v) is 5.51. The van der Waals surface area contributed by atoms with E-state index < -0.39 is 0 Å². The maximum Gasteiger partial charge on any atom is 0.0445 e. The normalized spacial score (nSPS) is 15.6. The van der Waals surface area contributed by atoms with Crippen LogP contribution >= 0.6 is 0 Å². The standard InChI is InChI=1S/C26H39N/c1-19(2)22(20-15-11-10-12-16-20)25(6,7)26(8,9)23(24(3,4)5)21-17-13-14-18-27-21/h10-19,22-23H,1-9H3. The molecule has 1 heteroatoms. The Kier molecular flexibility index (Phi) is 6.24. The van der Waals surface area contributed by atoms with Crippen LogP contribution in [0.2, 0.25) is 0 Å². The number of hydrogen-bond acceptors (Lipinski definition) is 1. The third-order valence-corrected chi connectivity index (χ3v) is 6.83. The molecule has 1 aromatic carbocycles. The van der Waals surface area contributed by atoms with Crippen molar-refractivity contribution in [3.05, 3.63) is 66.0 Å². The second kappa shape index (κ2) is 7.78. The van der Waals surface area contributed by atoms with Crippen LogP contribution in [0.25, 0.3) is 0 Å². The van der Waals surface area contributed by atoms with Crippen molar-refractivity contribution >= 4 is 0 Å². The number of benzene rings is 1. The third kappa shape index (κ3) is 4.28. The van der Waals surface area contributed by atoms with E-state index in [0.717, 1.165) is 0 Å². The Morgan fingerprint density at radius 2 is 1.26 bits per heavy atom. The molecule has 1 heterocycles. The zero-order valence-corrected chi connectivity index (χ0v) is 18.9. The molecule has 1 nitrogen and oxygen atoms in total. The highest BCUT2D eigenvalue weighted by Crippen LogP contribution is 2.61. The predicted octanol–water partition coefficient (Wildman–Crippen LogP) is 7.70. The molecule has 0 aliphatic rings. The average Bonchev–Trinajstić information content (AvgIpc) is 2.54. The molecule has 0 saturated carbocycles. The van der Waals surface area contributed by atoms with Crippen molar-refractivity contribution in [2.24, 2.45) is 22.2 Å². The van der Waals surface area contributed by atoms with E-state index in [2.05, 4.69) is 105 Å². The zero-order chi connectivity index (χ0) is 20.5. The quantitative estimate of drug-likeness (QED) is 0.511. The molecule has 2 unspecified atom stereocenters. The molecule has 0 saturated heterocycles. The van der Waals surface area contributed by atoms with Gasteiger partial charge in [-0.15, -0.1) is 0 Å². The summed E-state index contributed by atoms with van der Waals surface area (Å²) in [5.74, 6) is 1.39. The largest absolute Gasteiger partial charge is 0.261 e. The van der Waals surface area contributed by atoms with Gasteiger partial charge in [-0.3, -0.25) is 4.98 Å². The molecule has 0 N–H and O–H groups in total. The maximum atomic E-state index is 4.80. The lowest BCUT2D eigenvalue weighted by Crippen LogP contribution is -2.47. The third-order valence-electron chi connectivity index (χ3n) is 6.83. The SMILES string of the molecule is CC(C)C(c1ccccc1)C(C)(C)C(C)(C)C(c1ccccn1)C(C)(C)C. The number of hydrogen-bond donors (Lipinski definition) is 0. The first-order chi connectivity index (χ1) is 12.4. The Hall–Kier alpha value is -1.63. The molecule has 0 spiro atoms. The molecule has 0 aliphatic carbocycles. The second-order valence-corrected chi connectivity index (χ2v) is 10.6. The van der Waals surface area contributed by atoms with Gasteiger partial charge in [0.05, 0.1) is 0 Å². The summed E-state index contributed by atoms with van der Waals surface area (Å²) in [7, 11) is 0. The van der Waals surface area contributed by atoms with Gasteiger partial charge in [0.2, 0.25) is 0 Å². The fourth-order valence-electron chi connectivity index (χ4n) is 5.51. The van der Waals surface area contributed by atoms with E-state index in [9.17, 15) is 0 Å². The van der Waals surface area contributed by atoms with E-state index in [0.29, 0.717) is 17.8 Å². The highest BCUT2D eigenvalue weighted by atomic mass is 14.7. The van der Waals surface area contributed by atoms with E-state index in [-0.39, 0.29) is 16.2 Å². The Morgan fingerprint density at radius 1 is 0.704 bits per heavy atom. The van der Waals surface area contributed by atoms with E-state index in [1.165, 1.54) is 11.3 Å². The summed E-state index contributed by atoms with van der Waals surface area (Å²) in [4.78, 5) is 4.80. The first-order valence-electron chi connectivity index (χ1n) is 10.4. The van der Waals surface area contributed by atoms with Crippen molar-refractivity contribution in [1.29, 1.82) is 0 Å². The van der Waals surface area contributed by atoms with Crippen LogP contribution in [0, 0.1) is 22.2 Å². The average molecular weight is 366 g/mol. The molecule has 0 bridgehead atoms. The van der Waals surface area contributed by atoms with Crippen LogP contribution < -0.4 is 0 Å². The van der Waals surface area contributed by atoms with Gasteiger partial charge in [0.15, 0.2) is 0 Å². The van der Waals surface area contributed by atoms with Crippen LogP contribution in [-0.4, -0.2) is 4.98 Å². The van der Waals surface area contributed by atoms with Crippen molar-refractivity contribution in [1.82, 2.24) is 4.98 Å². The Bertz CT molecular complexity index is 705. The highest BCUT2D eigenvalue weighted by Gasteiger charge is 2.52. The number of pyridine rings is 1. The lowest BCUT2D eigenvalue weighted by atomic mass is 9.49. The smallest absolute Gasteiger partial charge is 0.0445 e. The fraction of sp³-hybridized carbons (Fsp3) is 0.577. The van der Waals surface area contributed by atoms with E-state index in [4.69, 9.17) is 4.98 Å². The topological polar surface area (TPSA) is 12.9 Å². The molecule has 2 aromatic rings. The number of aromatic nitrogens is 1. The van der Waals surface area contributed by atoms with Gasteiger partial charge in [-0.1, -0.05) is 98.7 Å². The molecule has 27 heavy (non-hydrogen) atoms. The van der Waals surface area contributed by atoms with Crippen molar-refractivity contribution in [2.75, 3.05) is 0 Å². The molecule has 0 radical (unpaired) electrons. The van der Waals surface area contributed by atoms with Crippen molar-refractivity contribution in [2.45, 2.75) is 74.1 Å². The molecule has 148 valence electrons. The first-order valence-corrected chi connectivity index (χ1v) is 10.4. The minimum absolute atomic E-state index is 0.0460. The van der Waals surface area contributed by atoms with Crippen LogP contribution in [0.4, 0.5) is 0 Å². The second-order valence-electron chi connectivity index (χ2n) is 10.6.